The second-order valence-electron chi connectivity index (χ2n) is 5.60. The Kier molecular flexibility index (Phi) is 7.59. The van der Waals surface area contributed by atoms with Gasteiger partial charge in [-0.2, -0.15) is 0 Å². The van der Waals surface area contributed by atoms with Crippen LogP contribution in [0.2, 0.25) is 0 Å². The van der Waals surface area contributed by atoms with Crippen LogP contribution in [0.25, 0.3) is 12.2 Å². The molecule has 0 atom stereocenters. The third kappa shape index (κ3) is 7.43. The molecule has 140 valence electrons. The van der Waals surface area contributed by atoms with Crippen molar-refractivity contribution < 1.29 is 19.8 Å². The summed E-state index contributed by atoms with van der Waals surface area (Å²) in [6, 6.07) is 9.55. The number of nitrogens with zero attached hydrogens (tertiary/aromatic N) is 1. The smallest absolute Gasteiger partial charge is 0.244 e. The highest BCUT2D eigenvalue weighted by Gasteiger charge is 2.01. The van der Waals surface area contributed by atoms with Gasteiger partial charge in [0.25, 0.3) is 0 Å². The van der Waals surface area contributed by atoms with Crippen molar-refractivity contribution in [1.82, 2.24) is 15.6 Å². The summed E-state index contributed by atoms with van der Waals surface area (Å²) in [6.07, 6.45) is 8.01. The van der Waals surface area contributed by atoms with Crippen LogP contribution in [-0.2, 0) is 9.59 Å². The maximum absolute atomic E-state index is 11.7. The molecule has 1 aromatic heterocycles. The summed E-state index contributed by atoms with van der Waals surface area (Å²) in [5.41, 5.74) is 1.13. The van der Waals surface area contributed by atoms with E-state index in [1.165, 1.54) is 36.4 Å². The second kappa shape index (κ2) is 10.4. The van der Waals surface area contributed by atoms with Gasteiger partial charge in [0.2, 0.25) is 11.8 Å². The average molecular weight is 367 g/mol. The molecule has 1 aromatic carbocycles. The Bertz CT molecular complexity index is 832. The van der Waals surface area contributed by atoms with Crippen molar-refractivity contribution in [1.29, 1.82) is 0 Å². The van der Waals surface area contributed by atoms with Gasteiger partial charge in [-0.15, -0.1) is 0 Å². The molecule has 0 aliphatic heterocycles. The van der Waals surface area contributed by atoms with Gasteiger partial charge in [-0.3, -0.25) is 14.6 Å². The first-order valence-electron chi connectivity index (χ1n) is 8.39. The van der Waals surface area contributed by atoms with Gasteiger partial charge in [0.1, 0.15) is 11.5 Å². The number of aromatic nitrogens is 1. The van der Waals surface area contributed by atoms with Crippen LogP contribution in [0.15, 0.2) is 54.7 Å². The van der Waals surface area contributed by atoms with Crippen LogP contribution in [0, 0.1) is 0 Å². The average Bonchev–Trinajstić information content (AvgIpc) is 2.66. The molecule has 2 rings (SSSR count). The first kappa shape index (κ1) is 19.7. The van der Waals surface area contributed by atoms with Crippen molar-refractivity contribution in [2.75, 3.05) is 13.1 Å². The number of benzene rings is 1. The first-order valence-corrected chi connectivity index (χ1v) is 8.39. The molecule has 4 N–H and O–H groups in total. The van der Waals surface area contributed by atoms with Crippen molar-refractivity contribution in [2.24, 2.45) is 0 Å². The number of hydrogen-bond donors (Lipinski definition) is 4. The summed E-state index contributed by atoms with van der Waals surface area (Å²) in [5, 5.41) is 24.2. The number of nitrogens with one attached hydrogen (secondary N) is 2. The number of aromatic hydroxyl groups is 2. The third-order valence-electron chi connectivity index (χ3n) is 3.47. The standard InChI is InChI=1S/C20H21N3O4/c24-17-8-5-15(18(25)14-17)6-9-19(26)22-12-3-13-23-20(27)10-7-16-4-1-2-11-21-16/h1-2,4-11,14,24-25H,3,12-13H2,(H,22,26)(H,23,27)/b9-6+,10-7+. The molecule has 0 spiro atoms. The zero-order valence-electron chi connectivity index (χ0n) is 14.6. The van der Waals surface area contributed by atoms with Gasteiger partial charge in [-0.1, -0.05) is 6.07 Å². The largest absolute Gasteiger partial charge is 0.508 e. The predicted molar refractivity (Wildman–Crippen MR) is 103 cm³/mol. The highest BCUT2D eigenvalue weighted by atomic mass is 16.3. The number of hydrogen-bond acceptors (Lipinski definition) is 5. The Morgan fingerprint density at radius 1 is 0.963 bits per heavy atom. The van der Waals surface area contributed by atoms with Gasteiger partial charge in [-0.05, 0) is 42.8 Å². The summed E-state index contributed by atoms with van der Waals surface area (Å²) in [4.78, 5) is 27.5. The second-order valence-corrected chi connectivity index (χ2v) is 5.60. The van der Waals surface area contributed by atoms with E-state index < -0.39 is 0 Å². The van der Waals surface area contributed by atoms with E-state index in [9.17, 15) is 19.8 Å². The summed E-state index contributed by atoms with van der Waals surface area (Å²) >= 11 is 0. The third-order valence-corrected chi connectivity index (χ3v) is 3.47. The number of pyridine rings is 1. The lowest BCUT2D eigenvalue weighted by Crippen LogP contribution is -2.28. The van der Waals surface area contributed by atoms with Crippen LogP contribution in [0.4, 0.5) is 0 Å². The molecule has 0 fully saturated rings. The molecule has 0 bridgehead atoms. The molecule has 7 nitrogen and oxygen atoms in total. The number of phenolic OH excluding ortho intramolecular Hbond substituents is 2. The lowest BCUT2D eigenvalue weighted by atomic mass is 10.2. The molecule has 2 aromatic rings. The van der Waals surface area contributed by atoms with E-state index >= 15 is 0 Å². The molecule has 0 radical (unpaired) electrons. The normalized spacial score (nSPS) is 11.0. The van der Waals surface area contributed by atoms with E-state index in [0.717, 1.165) is 0 Å². The lowest BCUT2D eigenvalue weighted by Gasteiger charge is -2.04. The Morgan fingerprint density at radius 3 is 2.30 bits per heavy atom. The van der Waals surface area contributed by atoms with Crippen molar-refractivity contribution in [2.45, 2.75) is 6.42 Å². The van der Waals surface area contributed by atoms with E-state index in [1.807, 2.05) is 6.07 Å². The van der Waals surface area contributed by atoms with Crippen LogP contribution in [0.1, 0.15) is 17.7 Å². The van der Waals surface area contributed by atoms with E-state index in [2.05, 4.69) is 15.6 Å². The van der Waals surface area contributed by atoms with Crippen molar-refractivity contribution in [3.05, 3.63) is 66.0 Å². The van der Waals surface area contributed by atoms with Gasteiger partial charge >= 0.3 is 0 Å². The minimum absolute atomic E-state index is 0.0500. The van der Waals surface area contributed by atoms with Gasteiger partial charge in [-0.25, -0.2) is 0 Å². The zero-order chi connectivity index (χ0) is 19.5. The van der Waals surface area contributed by atoms with Crippen molar-refractivity contribution in [3.8, 4) is 11.5 Å². The quantitative estimate of drug-likeness (QED) is 0.420. The van der Waals surface area contributed by atoms with Crippen LogP contribution in [-0.4, -0.2) is 40.1 Å². The van der Waals surface area contributed by atoms with Crippen LogP contribution in [0.5, 0.6) is 11.5 Å². The minimum atomic E-state index is -0.316. The molecule has 7 heteroatoms. The summed E-state index contributed by atoms with van der Waals surface area (Å²) in [6.45, 7) is 0.823. The predicted octanol–water partition coefficient (Wildman–Crippen LogP) is 1.84. The molecule has 0 unspecified atom stereocenters. The highest BCUT2D eigenvalue weighted by molar-refractivity contribution is 5.92. The van der Waals surface area contributed by atoms with E-state index in [0.29, 0.717) is 30.8 Å². The molecule has 0 aliphatic rings. The summed E-state index contributed by atoms with van der Waals surface area (Å²) < 4.78 is 0. The zero-order valence-corrected chi connectivity index (χ0v) is 14.6. The topological polar surface area (TPSA) is 112 Å². The fourth-order valence-electron chi connectivity index (χ4n) is 2.10. The number of rotatable bonds is 8. The van der Waals surface area contributed by atoms with Crippen LogP contribution >= 0.6 is 0 Å². The molecule has 0 saturated heterocycles. The van der Waals surface area contributed by atoms with Gasteiger partial charge in [0.05, 0.1) is 5.69 Å². The fourth-order valence-corrected chi connectivity index (χ4v) is 2.10. The first-order chi connectivity index (χ1) is 13.0. The fraction of sp³-hybridized carbons (Fsp3) is 0.150. The Balaban J connectivity index is 1.63. The van der Waals surface area contributed by atoms with Crippen LogP contribution in [0.3, 0.4) is 0 Å². The Morgan fingerprint density at radius 2 is 1.67 bits per heavy atom. The van der Waals surface area contributed by atoms with E-state index in [-0.39, 0.29) is 23.3 Å². The van der Waals surface area contributed by atoms with Crippen LogP contribution < -0.4 is 10.6 Å². The molecule has 1 heterocycles. The summed E-state index contributed by atoms with van der Waals surface area (Å²) in [5.74, 6) is -0.704. The number of amides is 2. The van der Waals surface area contributed by atoms with E-state index in [4.69, 9.17) is 0 Å². The van der Waals surface area contributed by atoms with Crippen molar-refractivity contribution >= 4 is 24.0 Å². The van der Waals surface area contributed by atoms with Gasteiger partial charge < -0.3 is 20.8 Å². The lowest BCUT2D eigenvalue weighted by molar-refractivity contribution is -0.116. The molecular weight excluding hydrogens is 346 g/mol. The number of carbonyl (C=O) groups excluding carboxylic acids is 2. The molecule has 2 amide bonds. The van der Waals surface area contributed by atoms with Gasteiger partial charge in [0, 0.05) is 43.1 Å². The number of phenols is 2. The molecular formula is C20H21N3O4. The maximum atomic E-state index is 11.7. The number of carbonyl (C=O) groups is 2. The van der Waals surface area contributed by atoms with Gasteiger partial charge in [0.15, 0.2) is 0 Å². The molecule has 27 heavy (non-hydrogen) atoms. The highest BCUT2D eigenvalue weighted by Crippen LogP contribution is 2.23. The van der Waals surface area contributed by atoms with E-state index in [1.54, 1.807) is 24.4 Å². The molecule has 0 aliphatic carbocycles. The minimum Gasteiger partial charge on any atom is -0.508 e. The SMILES string of the molecule is O=C(/C=C/c1ccccn1)NCCCNC(=O)/C=C/c1ccc(O)cc1O. The Hall–Kier alpha value is -3.61. The maximum Gasteiger partial charge on any atom is 0.244 e. The van der Waals surface area contributed by atoms with Crippen molar-refractivity contribution in [3.63, 3.8) is 0 Å². The monoisotopic (exact) mass is 367 g/mol. The summed E-state index contributed by atoms with van der Waals surface area (Å²) in [7, 11) is 0. The molecule has 0 saturated carbocycles. The Labute approximate surface area is 157 Å².